The van der Waals surface area contributed by atoms with E-state index >= 15 is 0 Å². The SMILES string of the molecule is CC(C)[Si](c1cc2cc3oc([Si](C(C)C)(C(C)C)C(C)C)cc3cc2o1)(C(C)C)C(C)C.Cc1c2cc([Si](C(C)C)(C(C)C)C(C)C)oc2c(C)c2cc([Si](C(C)C)(C(C)C)C(C)C)oc12. The molecule has 0 unspecified atom stereocenters. The summed E-state index contributed by atoms with van der Waals surface area (Å²) in [5.41, 5.74) is 14.2. The van der Waals surface area contributed by atoms with Crippen molar-refractivity contribution in [2.45, 2.75) is 247 Å². The average molecular weight is 970 g/mol. The molecular weight excluding hydrogens is 873 g/mol. The van der Waals surface area contributed by atoms with E-state index in [1.54, 1.807) is 0 Å². The maximum absolute atomic E-state index is 6.91. The van der Waals surface area contributed by atoms with Crippen LogP contribution in [0.1, 0.15) is 177 Å². The second-order valence-electron chi connectivity index (χ2n) is 24.7. The lowest BCUT2D eigenvalue weighted by Gasteiger charge is -2.41. The highest BCUT2D eigenvalue weighted by atomic mass is 28.3. The fraction of sp³-hybridized carbons (Fsp3) is 0.655. The molecule has 0 atom stereocenters. The van der Waals surface area contributed by atoms with E-state index in [0.717, 1.165) is 22.3 Å². The third kappa shape index (κ3) is 8.21. The predicted molar refractivity (Wildman–Crippen MR) is 304 cm³/mol. The quantitative estimate of drug-likeness (QED) is 0.0907. The molecule has 0 saturated carbocycles. The van der Waals surface area contributed by atoms with Gasteiger partial charge in [0.2, 0.25) is 0 Å². The molecule has 0 aliphatic heterocycles. The van der Waals surface area contributed by atoms with Crippen LogP contribution in [0.4, 0.5) is 0 Å². The highest BCUT2D eigenvalue weighted by molar-refractivity contribution is 6.96. The van der Waals surface area contributed by atoms with Crippen LogP contribution in [-0.2, 0) is 0 Å². The zero-order chi connectivity index (χ0) is 50.1. The molecule has 0 amide bonds. The lowest BCUT2D eigenvalue weighted by atomic mass is 10.0. The number of furan rings is 4. The summed E-state index contributed by atoms with van der Waals surface area (Å²) in [6.45, 7) is 62.1. The topological polar surface area (TPSA) is 52.6 Å². The predicted octanol–water partition coefficient (Wildman–Crippen LogP) is 18.5. The van der Waals surface area contributed by atoms with Crippen LogP contribution in [-0.4, -0.2) is 32.3 Å². The smallest absolute Gasteiger partial charge is 0.140 e. The van der Waals surface area contributed by atoms with E-state index in [0.29, 0.717) is 66.5 Å². The summed E-state index contributed by atoms with van der Waals surface area (Å²) in [7, 11) is -7.36. The fourth-order valence-corrected chi connectivity index (χ4v) is 41.5. The largest absolute Gasteiger partial charge is 0.466 e. The second-order valence-corrected chi connectivity index (χ2v) is 48.0. The first-order valence-corrected chi connectivity index (χ1v) is 35.3. The molecule has 368 valence electrons. The molecule has 6 rings (SSSR count). The molecule has 0 fully saturated rings. The molecule has 4 heterocycles. The molecular formula is C58H96O4Si4. The molecule has 0 spiro atoms. The fourth-order valence-electron chi connectivity index (χ4n) is 16.0. The Bertz CT molecular complexity index is 2220. The van der Waals surface area contributed by atoms with Gasteiger partial charge >= 0.3 is 0 Å². The van der Waals surface area contributed by atoms with E-state index in [4.69, 9.17) is 17.7 Å². The molecule has 6 aromatic rings. The van der Waals surface area contributed by atoms with Gasteiger partial charge in [-0.25, -0.2) is 0 Å². The Hall–Kier alpha value is -2.53. The molecule has 0 N–H and O–H groups in total. The summed E-state index contributed by atoms with van der Waals surface area (Å²) in [6.07, 6.45) is 0. The van der Waals surface area contributed by atoms with E-state index in [9.17, 15) is 0 Å². The van der Waals surface area contributed by atoms with Crippen LogP contribution < -0.4 is 21.5 Å². The van der Waals surface area contributed by atoms with Crippen LogP contribution in [0.25, 0.3) is 43.9 Å². The molecule has 4 aromatic heterocycles. The van der Waals surface area contributed by atoms with Crippen LogP contribution in [0.15, 0.2) is 54.1 Å². The minimum atomic E-state index is -1.86. The van der Waals surface area contributed by atoms with Crippen molar-refractivity contribution in [1.82, 2.24) is 0 Å². The number of benzene rings is 2. The van der Waals surface area contributed by atoms with Gasteiger partial charge in [-0.05, 0) is 117 Å². The van der Waals surface area contributed by atoms with Crippen LogP contribution in [0.5, 0.6) is 0 Å². The van der Waals surface area contributed by atoms with Gasteiger partial charge in [0.25, 0.3) is 0 Å². The first-order valence-electron chi connectivity index (χ1n) is 26.4. The Balaban J connectivity index is 0.000000248. The molecule has 66 heavy (non-hydrogen) atoms. The minimum Gasteiger partial charge on any atom is -0.466 e. The van der Waals surface area contributed by atoms with E-state index in [1.807, 2.05) is 0 Å². The lowest BCUT2D eigenvalue weighted by Crippen LogP contribution is -2.55. The van der Waals surface area contributed by atoms with Crippen molar-refractivity contribution in [2.75, 3.05) is 0 Å². The van der Waals surface area contributed by atoms with Gasteiger partial charge in [-0.3, -0.25) is 0 Å². The van der Waals surface area contributed by atoms with E-state index < -0.39 is 32.3 Å². The number of aryl methyl sites for hydroxylation is 2. The normalized spacial score (nSPS) is 14.0. The van der Waals surface area contributed by atoms with Crippen LogP contribution in [0.2, 0.25) is 66.5 Å². The molecule has 0 bridgehead atoms. The standard InChI is InChI=1S/C30H50O2Si2.C28H46O2Si2/c1-17(2)33(18(3)4,19(5)6)27-15-25-23(13)30-26(24(14)29(25)31-27)16-28(32-30)34(20(7)8,21(9)10)22(11)12;1-17(2)31(18(3)4,19(5)6)27-15-23-13-26-24(14-25(23)29-27)16-28(30-26)32(20(7)8,21(9)10)22(11)12/h15-22H,1-14H3;13-22H,1-12H3. The van der Waals surface area contributed by atoms with Crippen molar-refractivity contribution < 1.29 is 17.7 Å². The molecule has 0 aliphatic rings. The monoisotopic (exact) mass is 969 g/mol. The summed E-state index contributed by atoms with van der Waals surface area (Å²) in [6, 6.07) is 14.0. The van der Waals surface area contributed by atoms with Crippen molar-refractivity contribution in [3.63, 3.8) is 0 Å². The Labute approximate surface area is 407 Å². The Morgan fingerprint density at radius 3 is 0.667 bits per heavy atom. The Morgan fingerprint density at radius 2 is 0.470 bits per heavy atom. The van der Waals surface area contributed by atoms with Gasteiger partial charge in [-0.2, -0.15) is 0 Å². The maximum atomic E-state index is 6.91. The van der Waals surface area contributed by atoms with Gasteiger partial charge in [0.05, 0.1) is 21.5 Å². The minimum absolute atomic E-state index is 0.623. The van der Waals surface area contributed by atoms with Crippen LogP contribution in [0.3, 0.4) is 0 Å². The third-order valence-electron chi connectivity index (χ3n) is 18.3. The first-order chi connectivity index (χ1) is 30.5. The molecule has 2 aromatic carbocycles. The van der Waals surface area contributed by atoms with E-state index in [-0.39, 0.29) is 0 Å². The van der Waals surface area contributed by atoms with Gasteiger partial charge in [-0.1, -0.05) is 166 Å². The number of hydrogen-bond donors (Lipinski definition) is 0. The van der Waals surface area contributed by atoms with Crippen LogP contribution >= 0.6 is 0 Å². The van der Waals surface area contributed by atoms with Crippen LogP contribution in [0, 0.1) is 13.8 Å². The van der Waals surface area contributed by atoms with Crippen molar-refractivity contribution in [3.05, 3.63) is 47.5 Å². The molecule has 8 heteroatoms. The number of fused-ring (bicyclic) bond motifs is 4. The zero-order valence-corrected chi connectivity index (χ0v) is 51.0. The highest BCUT2D eigenvalue weighted by Gasteiger charge is 2.51. The van der Waals surface area contributed by atoms with E-state index in [2.05, 4.69) is 216 Å². The third-order valence-corrected chi connectivity index (χ3v) is 45.6. The van der Waals surface area contributed by atoms with Crippen molar-refractivity contribution in [2.24, 2.45) is 0 Å². The average Bonchev–Trinajstić information content (AvgIpc) is 3.98. The number of hydrogen-bond acceptors (Lipinski definition) is 4. The summed E-state index contributed by atoms with van der Waals surface area (Å²) in [4.78, 5) is 0. The van der Waals surface area contributed by atoms with Crippen molar-refractivity contribution in [1.29, 1.82) is 0 Å². The van der Waals surface area contributed by atoms with Gasteiger partial charge < -0.3 is 17.7 Å². The van der Waals surface area contributed by atoms with Crippen molar-refractivity contribution >= 4 is 97.7 Å². The Kier molecular flexibility index (Phi) is 16.2. The van der Waals surface area contributed by atoms with E-state index in [1.165, 1.54) is 54.2 Å². The summed E-state index contributed by atoms with van der Waals surface area (Å²) >= 11 is 0. The molecule has 0 saturated heterocycles. The summed E-state index contributed by atoms with van der Waals surface area (Å²) in [5, 5.41) is 9.97. The maximum Gasteiger partial charge on any atom is 0.140 e. The lowest BCUT2D eigenvalue weighted by molar-refractivity contribution is 0.627. The summed E-state index contributed by atoms with van der Waals surface area (Å²) < 4.78 is 27.2. The molecule has 0 aliphatic carbocycles. The molecule has 0 radical (unpaired) electrons. The second kappa shape index (κ2) is 19.7. The van der Waals surface area contributed by atoms with Gasteiger partial charge in [0.15, 0.2) is 0 Å². The van der Waals surface area contributed by atoms with Gasteiger partial charge in [0, 0.05) is 32.7 Å². The molecule has 4 nitrogen and oxygen atoms in total. The number of rotatable bonds is 16. The first kappa shape index (κ1) is 54.4. The van der Waals surface area contributed by atoms with Crippen molar-refractivity contribution in [3.8, 4) is 0 Å². The summed E-state index contributed by atoms with van der Waals surface area (Å²) in [5.74, 6) is 0. The van der Waals surface area contributed by atoms with Gasteiger partial charge in [0.1, 0.15) is 54.6 Å². The highest BCUT2D eigenvalue weighted by Crippen LogP contribution is 2.47. The Morgan fingerprint density at radius 1 is 0.273 bits per heavy atom. The zero-order valence-electron chi connectivity index (χ0n) is 47.0. The van der Waals surface area contributed by atoms with Gasteiger partial charge in [-0.15, -0.1) is 0 Å².